The summed E-state index contributed by atoms with van der Waals surface area (Å²) in [4.78, 5) is 2.21. The van der Waals surface area contributed by atoms with Gasteiger partial charge in [0, 0.05) is 13.1 Å². The lowest BCUT2D eigenvalue weighted by Gasteiger charge is -2.21. The van der Waals surface area contributed by atoms with E-state index in [1.807, 2.05) is 6.07 Å². The molecule has 2 unspecified atom stereocenters. The summed E-state index contributed by atoms with van der Waals surface area (Å²) in [5, 5.41) is 0. The standard InChI is InChI=1S/C14H18FN/c1-9(2)10-3-4-14(13(15)6-10)16-7-11-5-12(11)8-16/h3-4,6,9,11-12H,5,7-8H2,1-2H3. The van der Waals surface area contributed by atoms with E-state index in [-0.39, 0.29) is 5.82 Å². The molecule has 1 aromatic carbocycles. The van der Waals surface area contributed by atoms with Gasteiger partial charge in [0.1, 0.15) is 5.82 Å². The summed E-state index contributed by atoms with van der Waals surface area (Å²) >= 11 is 0. The summed E-state index contributed by atoms with van der Waals surface area (Å²) in [6.07, 6.45) is 1.36. The molecule has 1 aliphatic carbocycles. The minimum Gasteiger partial charge on any atom is -0.369 e. The Hall–Kier alpha value is -1.05. The number of hydrogen-bond acceptors (Lipinski definition) is 1. The van der Waals surface area contributed by atoms with Gasteiger partial charge in [-0.05, 0) is 41.9 Å². The van der Waals surface area contributed by atoms with Crippen molar-refractivity contribution in [2.75, 3.05) is 18.0 Å². The lowest BCUT2D eigenvalue weighted by molar-refractivity contribution is 0.615. The fraction of sp³-hybridized carbons (Fsp3) is 0.571. The largest absolute Gasteiger partial charge is 0.369 e. The zero-order valence-corrected chi connectivity index (χ0v) is 9.91. The molecule has 2 atom stereocenters. The summed E-state index contributed by atoms with van der Waals surface area (Å²) in [7, 11) is 0. The first-order chi connectivity index (χ1) is 7.65. The number of fused-ring (bicyclic) bond motifs is 1. The van der Waals surface area contributed by atoms with Gasteiger partial charge < -0.3 is 4.90 Å². The van der Waals surface area contributed by atoms with Crippen LogP contribution < -0.4 is 4.90 Å². The second kappa shape index (κ2) is 3.47. The summed E-state index contributed by atoms with van der Waals surface area (Å²) in [6.45, 7) is 6.31. The van der Waals surface area contributed by atoms with Crippen molar-refractivity contribution >= 4 is 5.69 Å². The molecule has 1 aliphatic heterocycles. The number of piperidine rings is 1. The number of anilines is 1. The van der Waals surface area contributed by atoms with Gasteiger partial charge in [0.2, 0.25) is 0 Å². The lowest BCUT2D eigenvalue weighted by Crippen LogP contribution is -2.22. The molecule has 0 radical (unpaired) electrons. The van der Waals surface area contributed by atoms with Gasteiger partial charge in [0.15, 0.2) is 0 Å². The predicted octanol–water partition coefficient (Wildman–Crippen LogP) is 3.41. The Morgan fingerprint density at radius 2 is 1.94 bits per heavy atom. The molecule has 0 amide bonds. The quantitative estimate of drug-likeness (QED) is 0.736. The molecule has 1 heterocycles. The van der Waals surface area contributed by atoms with Crippen molar-refractivity contribution in [1.82, 2.24) is 0 Å². The average molecular weight is 219 g/mol. The van der Waals surface area contributed by atoms with Crippen molar-refractivity contribution in [2.45, 2.75) is 26.2 Å². The van der Waals surface area contributed by atoms with Crippen molar-refractivity contribution < 1.29 is 4.39 Å². The average Bonchev–Trinajstić information content (AvgIpc) is 2.85. The van der Waals surface area contributed by atoms with Crippen LogP contribution in [0.5, 0.6) is 0 Å². The van der Waals surface area contributed by atoms with Gasteiger partial charge in [-0.15, -0.1) is 0 Å². The highest BCUT2D eigenvalue weighted by atomic mass is 19.1. The van der Waals surface area contributed by atoms with Gasteiger partial charge in [-0.25, -0.2) is 4.39 Å². The minimum absolute atomic E-state index is 0.0486. The van der Waals surface area contributed by atoms with Gasteiger partial charge in [-0.3, -0.25) is 0 Å². The van der Waals surface area contributed by atoms with Crippen LogP contribution in [0.4, 0.5) is 10.1 Å². The van der Waals surface area contributed by atoms with Gasteiger partial charge in [-0.1, -0.05) is 19.9 Å². The van der Waals surface area contributed by atoms with Crippen LogP contribution in [0.25, 0.3) is 0 Å². The third kappa shape index (κ3) is 1.60. The van der Waals surface area contributed by atoms with E-state index >= 15 is 0 Å². The monoisotopic (exact) mass is 219 g/mol. The number of rotatable bonds is 2. The molecule has 2 aliphatic rings. The predicted molar refractivity (Wildman–Crippen MR) is 64.3 cm³/mol. The van der Waals surface area contributed by atoms with Crippen LogP contribution in [0.1, 0.15) is 31.7 Å². The van der Waals surface area contributed by atoms with Crippen LogP contribution in [-0.4, -0.2) is 13.1 Å². The summed E-state index contributed by atoms with van der Waals surface area (Å²) in [5.74, 6) is 2.05. The molecular formula is C14H18FN. The van der Waals surface area contributed by atoms with Crippen molar-refractivity contribution in [3.8, 4) is 0 Å². The molecule has 16 heavy (non-hydrogen) atoms. The smallest absolute Gasteiger partial charge is 0.146 e. The Labute approximate surface area is 96.3 Å². The molecule has 0 bridgehead atoms. The second-order valence-corrected chi connectivity index (χ2v) is 5.53. The van der Waals surface area contributed by atoms with E-state index in [0.29, 0.717) is 5.92 Å². The fourth-order valence-electron chi connectivity index (χ4n) is 2.73. The highest BCUT2D eigenvalue weighted by Gasteiger charge is 2.45. The highest BCUT2D eigenvalue weighted by Crippen LogP contribution is 2.46. The summed E-state index contributed by atoms with van der Waals surface area (Å²) in [5.41, 5.74) is 1.89. The second-order valence-electron chi connectivity index (χ2n) is 5.53. The maximum Gasteiger partial charge on any atom is 0.146 e. The van der Waals surface area contributed by atoms with Crippen LogP contribution in [-0.2, 0) is 0 Å². The van der Waals surface area contributed by atoms with E-state index in [2.05, 4.69) is 24.8 Å². The SMILES string of the molecule is CC(C)c1ccc(N2CC3CC3C2)c(F)c1. The molecule has 2 heteroatoms. The van der Waals surface area contributed by atoms with E-state index < -0.39 is 0 Å². The third-order valence-electron chi connectivity index (χ3n) is 3.96. The van der Waals surface area contributed by atoms with Gasteiger partial charge >= 0.3 is 0 Å². The molecule has 0 spiro atoms. The molecule has 1 aromatic rings. The zero-order chi connectivity index (χ0) is 11.3. The van der Waals surface area contributed by atoms with Crippen LogP contribution in [0.2, 0.25) is 0 Å². The Kier molecular flexibility index (Phi) is 2.20. The van der Waals surface area contributed by atoms with Crippen molar-refractivity contribution in [2.24, 2.45) is 11.8 Å². The zero-order valence-electron chi connectivity index (χ0n) is 9.91. The van der Waals surface area contributed by atoms with Crippen molar-refractivity contribution in [1.29, 1.82) is 0 Å². The molecule has 0 N–H and O–H groups in total. The molecular weight excluding hydrogens is 201 g/mol. The first-order valence-corrected chi connectivity index (χ1v) is 6.19. The third-order valence-corrected chi connectivity index (χ3v) is 3.96. The number of nitrogens with zero attached hydrogens (tertiary/aromatic N) is 1. The first-order valence-electron chi connectivity index (χ1n) is 6.19. The topological polar surface area (TPSA) is 3.24 Å². The summed E-state index contributed by atoms with van der Waals surface area (Å²) < 4.78 is 14.0. The minimum atomic E-state index is -0.0486. The molecule has 0 aromatic heterocycles. The van der Waals surface area contributed by atoms with Gasteiger partial charge in [-0.2, -0.15) is 0 Å². The van der Waals surface area contributed by atoms with Crippen molar-refractivity contribution in [3.05, 3.63) is 29.6 Å². The van der Waals surface area contributed by atoms with Crippen LogP contribution in [0.3, 0.4) is 0 Å². The van der Waals surface area contributed by atoms with E-state index in [9.17, 15) is 4.39 Å². The van der Waals surface area contributed by atoms with Gasteiger partial charge in [0.05, 0.1) is 5.69 Å². The Morgan fingerprint density at radius 3 is 2.50 bits per heavy atom. The highest BCUT2D eigenvalue weighted by molar-refractivity contribution is 5.51. The maximum absolute atomic E-state index is 14.0. The lowest BCUT2D eigenvalue weighted by atomic mass is 10.0. The normalized spacial score (nSPS) is 27.4. The Balaban J connectivity index is 1.84. The van der Waals surface area contributed by atoms with Crippen LogP contribution in [0.15, 0.2) is 18.2 Å². The number of hydrogen-bond donors (Lipinski definition) is 0. The van der Waals surface area contributed by atoms with E-state index in [1.165, 1.54) is 6.42 Å². The number of halogens is 1. The maximum atomic E-state index is 14.0. The van der Waals surface area contributed by atoms with E-state index in [4.69, 9.17) is 0 Å². The van der Waals surface area contributed by atoms with Crippen LogP contribution in [0, 0.1) is 17.7 Å². The Bertz CT molecular complexity index is 403. The molecule has 1 saturated heterocycles. The molecule has 86 valence electrons. The fourth-order valence-corrected chi connectivity index (χ4v) is 2.73. The van der Waals surface area contributed by atoms with Gasteiger partial charge in [0.25, 0.3) is 0 Å². The molecule has 2 fully saturated rings. The molecule has 1 nitrogen and oxygen atoms in total. The number of benzene rings is 1. The summed E-state index contributed by atoms with van der Waals surface area (Å²) in [6, 6.07) is 5.71. The van der Waals surface area contributed by atoms with E-state index in [1.54, 1.807) is 6.07 Å². The Morgan fingerprint density at radius 1 is 1.25 bits per heavy atom. The molecule has 1 saturated carbocycles. The van der Waals surface area contributed by atoms with Crippen molar-refractivity contribution in [3.63, 3.8) is 0 Å². The van der Waals surface area contributed by atoms with E-state index in [0.717, 1.165) is 36.2 Å². The first kappa shape index (κ1) is 10.1. The molecule has 3 rings (SSSR count). The van der Waals surface area contributed by atoms with Crippen LogP contribution >= 0.6 is 0 Å².